The van der Waals surface area contributed by atoms with E-state index < -0.39 is 31.5 Å². The Morgan fingerprint density at radius 2 is 2.03 bits per heavy atom. The molecule has 0 aromatic heterocycles. The molecule has 0 radical (unpaired) electrons. The van der Waals surface area contributed by atoms with Gasteiger partial charge in [0.25, 0.3) is 0 Å². The fourth-order valence-electron chi connectivity index (χ4n) is 2.77. The number of carbonyl (C=O) groups excluding carboxylic acids is 3. The Bertz CT molecular complexity index is 835. The summed E-state index contributed by atoms with van der Waals surface area (Å²) in [7, 11) is -1.36. The molecule has 0 saturated carbocycles. The van der Waals surface area contributed by atoms with Crippen LogP contribution < -0.4 is 9.97 Å². The summed E-state index contributed by atoms with van der Waals surface area (Å²) in [6, 6.07) is 4.78. The number of amides is 1. The Kier molecular flexibility index (Phi) is 8.12. The van der Waals surface area contributed by atoms with E-state index >= 15 is 0 Å². The minimum absolute atomic E-state index is 0.0522. The molecule has 1 aliphatic rings. The fourth-order valence-corrected chi connectivity index (χ4v) is 2.77. The molecule has 1 aliphatic heterocycles. The van der Waals surface area contributed by atoms with Crippen LogP contribution in [0.25, 0.3) is 0 Å². The normalized spacial score (nSPS) is 15.9. The molecule has 2 rings (SSSR count). The van der Waals surface area contributed by atoms with Crippen molar-refractivity contribution >= 4 is 25.2 Å². The van der Waals surface area contributed by atoms with Crippen molar-refractivity contribution < 1.29 is 38.3 Å². The van der Waals surface area contributed by atoms with Gasteiger partial charge in [0.15, 0.2) is 0 Å². The third-order valence-corrected chi connectivity index (χ3v) is 4.05. The van der Waals surface area contributed by atoms with Gasteiger partial charge in [0.2, 0.25) is 12.2 Å². The molecule has 0 aliphatic carbocycles. The van der Waals surface area contributed by atoms with Crippen molar-refractivity contribution in [2.75, 3.05) is 0 Å². The third kappa shape index (κ3) is 6.42. The average molecular weight is 417 g/mol. The van der Waals surface area contributed by atoms with Gasteiger partial charge in [-0.05, 0) is 31.9 Å². The summed E-state index contributed by atoms with van der Waals surface area (Å²) in [4.78, 5) is 35.9. The molecule has 1 amide bonds. The summed E-state index contributed by atoms with van der Waals surface area (Å²) in [6.45, 7) is 4.68. The lowest BCUT2D eigenvalue weighted by Gasteiger charge is -2.29. The van der Waals surface area contributed by atoms with Crippen LogP contribution in [0.4, 0.5) is 4.79 Å². The second kappa shape index (κ2) is 10.6. The highest BCUT2D eigenvalue weighted by Gasteiger charge is 2.38. The summed E-state index contributed by atoms with van der Waals surface area (Å²) < 4.78 is 20.3. The maximum atomic E-state index is 12.5. The van der Waals surface area contributed by atoms with Gasteiger partial charge in [-0.15, -0.1) is 12.3 Å². The summed E-state index contributed by atoms with van der Waals surface area (Å²) in [5, 5.41) is 12.9. The summed E-state index contributed by atoms with van der Waals surface area (Å²) in [6.07, 6.45) is 3.27. The minimum Gasteiger partial charge on any atom is -0.534 e. The molecule has 30 heavy (non-hydrogen) atoms. The maximum absolute atomic E-state index is 12.5. The number of hydrogen-bond acceptors (Lipinski definition) is 8. The van der Waals surface area contributed by atoms with E-state index in [0.717, 1.165) is 0 Å². The first-order valence-corrected chi connectivity index (χ1v) is 9.49. The molecule has 1 aromatic carbocycles. The molecule has 0 fully saturated rings. The number of esters is 1. The van der Waals surface area contributed by atoms with Gasteiger partial charge in [-0.25, -0.2) is 9.59 Å². The van der Waals surface area contributed by atoms with Crippen molar-refractivity contribution in [3.8, 4) is 18.1 Å². The van der Waals surface area contributed by atoms with E-state index in [1.54, 1.807) is 26.0 Å². The van der Waals surface area contributed by atoms with Crippen LogP contribution in [0.1, 0.15) is 49.5 Å². The Labute approximate surface area is 175 Å². The Balaban J connectivity index is 2.05. The molecule has 0 saturated heterocycles. The van der Waals surface area contributed by atoms with Crippen LogP contribution in [0.2, 0.25) is 0 Å². The van der Waals surface area contributed by atoms with E-state index in [0.29, 0.717) is 5.56 Å². The molecule has 10 heteroatoms. The lowest BCUT2D eigenvalue weighted by molar-refractivity contribution is -0.121. The predicted molar refractivity (Wildman–Crippen MR) is 106 cm³/mol. The summed E-state index contributed by atoms with van der Waals surface area (Å²) >= 11 is 0. The van der Waals surface area contributed by atoms with Gasteiger partial charge < -0.3 is 29.2 Å². The fraction of sp³-hybridized carbons (Fsp3) is 0.450. The topological polar surface area (TPSA) is 120 Å². The van der Waals surface area contributed by atoms with Crippen LogP contribution in [-0.2, 0) is 25.4 Å². The number of rotatable bonds is 7. The Morgan fingerprint density at radius 1 is 1.30 bits per heavy atom. The standard InChI is InChI=1S/C20H24BNO8/c1-5-6-10-17(23)22-16-11-14-8-7-9-15(18(14)30-21(16)26)19(24)28-13(4)29-20(25)27-12(2)3/h1,7-9,12-13,16,26H,6,10-11H2,2-4H3,(H,22,23)/t13?,16-/m0/s1. The Morgan fingerprint density at radius 3 is 2.70 bits per heavy atom. The number of ether oxygens (including phenoxy) is 3. The van der Waals surface area contributed by atoms with Crippen molar-refractivity contribution in [2.45, 2.75) is 58.4 Å². The molecule has 160 valence electrons. The van der Waals surface area contributed by atoms with Crippen LogP contribution in [0.3, 0.4) is 0 Å². The average Bonchev–Trinajstić information content (AvgIpc) is 2.65. The number of para-hydroxylation sites is 1. The van der Waals surface area contributed by atoms with Crippen LogP contribution >= 0.6 is 0 Å². The van der Waals surface area contributed by atoms with E-state index in [2.05, 4.69) is 11.2 Å². The van der Waals surface area contributed by atoms with E-state index in [-0.39, 0.29) is 42.6 Å². The van der Waals surface area contributed by atoms with Gasteiger partial charge in [0, 0.05) is 19.8 Å². The highest BCUT2D eigenvalue weighted by atomic mass is 16.8. The number of nitrogens with one attached hydrogen (secondary N) is 1. The van der Waals surface area contributed by atoms with Crippen LogP contribution in [0, 0.1) is 12.3 Å². The molecular weight excluding hydrogens is 393 g/mol. The summed E-state index contributed by atoms with van der Waals surface area (Å²) in [5.74, 6) is 0.709. The van der Waals surface area contributed by atoms with Crippen LogP contribution in [-0.4, -0.2) is 48.5 Å². The smallest absolute Gasteiger partial charge is 0.534 e. The zero-order chi connectivity index (χ0) is 22.3. The van der Waals surface area contributed by atoms with Crippen molar-refractivity contribution in [3.05, 3.63) is 29.3 Å². The Hall–Kier alpha value is -3.19. The maximum Gasteiger partial charge on any atom is 0.547 e. The largest absolute Gasteiger partial charge is 0.547 e. The number of hydrogen-bond donors (Lipinski definition) is 2. The molecule has 1 heterocycles. The van der Waals surface area contributed by atoms with E-state index in [1.807, 2.05) is 0 Å². The van der Waals surface area contributed by atoms with Crippen molar-refractivity contribution in [2.24, 2.45) is 0 Å². The second-order valence-corrected chi connectivity index (χ2v) is 6.89. The first kappa shape index (κ1) is 23.1. The van der Waals surface area contributed by atoms with Crippen molar-refractivity contribution in [1.29, 1.82) is 0 Å². The predicted octanol–water partition coefficient (Wildman–Crippen LogP) is 1.60. The van der Waals surface area contributed by atoms with Gasteiger partial charge in [0.1, 0.15) is 11.3 Å². The van der Waals surface area contributed by atoms with Crippen LogP contribution in [0.15, 0.2) is 18.2 Å². The zero-order valence-corrected chi connectivity index (χ0v) is 17.0. The molecular formula is C20H24BNO8. The monoisotopic (exact) mass is 417 g/mol. The minimum atomic E-state index is -1.36. The lowest BCUT2D eigenvalue weighted by atomic mass is 9.72. The molecule has 9 nitrogen and oxygen atoms in total. The first-order valence-electron chi connectivity index (χ1n) is 9.49. The molecule has 1 aromatic rings. The lowest BCUT2D eigenvalue weighted by Crippen LogP contribution is -2.53. The molecule has 0 bridgehead atoms. The number of benzene rings is 1. The van der Waals surface area contributed by atoms with Crippen LogP contribution in [0.5, 0.6) is 5.75 Å². The zero-order valence-electron chi connectivity index (χ0n) is 17.0. The highest BCUT2D eigenvalue weighted by molar-refractivity contribution is 6.47. The van der Waals surface area contributed by atoms with Gasteiger partial charge in [-0.3, -0.25) is 4.79 Å². The molecule has 2 N–H and O–H groups in total. The van der Waals surface area contributed by atoms with Gasteiger partial charge >= 0.3 is 19.2 Å². The quantitative estimate of drug-likeness (QED) is 0.297. The van der Waals surface area contributed by atoms with E-state index in [9.17, 15) is 19.4 Å². The number of carbonyl (C=O) groups is 3. The SMILES string of the molecule is C#CCCC(=O)N[C@H]1Cc2cccc(C(=O)OC(C)OC(=O)OC(C)C)c2OB1O. The van der Waals surface area contributed by atoms with E-state index in [1.165, 1.54) is 13.0 Å². The number of fused-ring (bicyclic) bond motifs is 1. The summed E-state index contributed by atoms with van der Waals surface area (Å²) in [5.41, 5.74) is 0.654. The third-order valence-electron chi connectivity index (χ3n) is 4.05. The van der Waals surface area contributed by atoms with Gasteiger partial charge in [0.05, 0.1) is 12.0 Å². The van der Waals surface area contributed by atoms with E-state index in [4.69, 9.17) is 25.3 Å². The van der Waals surface area contributed by atoms with Gasteiger partial charge in [-0.2, -0.15) is 0 Å². The first-order chi connectivity index (χ1) is 14.2. The number of terminal acetylenes is 1. The van der Waals surface area contributed by atoms with Crippen molar-refractivity contribution in [1.82, 2.24) is 5.32 Å². The van der Waals surface area contributed by atoms with Gasteiger partial charge in [-0.1, -0.05) is 12.1 Å². The highest BCUT2D eigenvalue weighted by Crippen LogP contribution is 2.31. The molecule has 0 spiro atoms. The molecule has 1 unspecified atom stereocenters. The molecule has 2 atom stereocenters. The second-order valence-electron chi connectivity index (χ2n) is 6.89. The van der Waals surface area contributed by atoms with Crippen molar-refractivity contribution in [3.63, 3.8) is 0 Å².